The van der Waals surface area contributed by atoms with Crippen LogP contribution >= 0.6 is 0 Å². The summed E-state index contributed by atoms with van der Waals surface area (Å²) < 4.78 is 14.0. The van der Waals surface area contributed by atoms with Gasteiger partial charge >= 0.3 is 0 Å². The van der Waals surface area contributed by atoms with E-state index in [1.807, 2.05) is 0 Å². The van der Waals surface area contributed by atoms with Gasteiger partial charge in [0, 0.05) is 18.6 Å². The number of hydrogen-bond acceptors (Lipinski definition) is 5. The van der Waals surface area contributed by atoms with Crippen LogP contribution in [-0.4, -0.2) is 39.8 Å². The Kier molecular flexibility index (Phi) is 4.49. The molecule has 1 N–H and O–H groups in total. The summed E-state index contributed by atoms with van der Waals surface area (Å²) in [6, 6.07) is 9.43. The second kappa shape index (κ2) is 6.90. The Bertz CT molecular complexity index is 1100. The third-order valence-corrected chi connectivity index (χ3v) is 5.48. The van der Waals surface area contributed by atoms with Gasteiger partial charge in [-0.1, -0.05) is 12.1 Å². The van der Waals surface area contributed by atoms with E-state index in [2.05, 4.69) is 5.32 Å². The van der Waals surface area contributed by atoms with Crippen molar-refractivity contribution in [3.63, 3.8) is 0 Å². The summed E-state index contributed by atoms with van der Waals surface area (Å²) in [5, 5.41) is 13.2. The van der Waals surface area contributed by atoms with E-state index in [1.54, 1.807) is 31.2 Å². The number of amides is 3. The number of rotatable bonds is 4. The monoisotopic (exact) mass is 412 g/mol. The van der Waals surface area contributed by atoms with Gasteiger partial charge in [0.15, 0.2) is 0 Å². The molecular formula is C20H17FN4O5. The molecule has 2 aromatic rings. The molecule has 10 heteroatoms. The first-order valence-electron chi connectivity index (χ1n) is 9.20. The highest BCUT2D eigenvalue weighted by Gasteiger charge is 2.53. The van der Waals surface area contributed by atoms with E-state index in [1.165, 1.54) is 9.80 Å². The van der Waals surface area contributed by atoms with Crippen LogP contribution in [0.3, 0.4) is 0 Å². The number of nitro benzene ring substituents is 1. The molecule has 0 bridgehead atoms. The molecule has 154 valence electrons. The minimum atomic E-state index is -1.04. The first kappa shape index (κ1) is 19.5. The number of hydrogen-bond donors (Lipinski definition) is 1. The Balaban J connectivity index is 1.64. The maximum absolute atomic E-state index is 14.0. The first-order chi connectivity index (χ1) is 14.2. The molecule has 0 aliphatic carbocycles. The van der Waals surface area contributed by atoms with Gasteiger partial charge in [-0.25, -0.2) is 4.39 Å². The van der Waals surface area contributed by atoms with Gasteiger partial charge in [0.25, 0.3) is 11.6 Å². The maximum atomic E-state index is 14.0. The predicted octanol–water partition coefficient (Wildman–Crippen LogP) is 2.67. The number of fused-ring (bicyclic) bond motifs is 3. The predicted molar refractivity (Wildman–Crippen MR) is 104 cm³/mol. The van der Waals surface area contributed by atoms with Crippen molar-refractivity contribution in [3.05, 3.63) is 64.0 Å². The molecule has 0 unspecified atom stereocenters. The van der Waals surface area contributed by atoms with Crippen molar-refractivity contribution in [1.82, 2.24) is 4.90 Å². The Morgan fingerprint density at radius 1 is 1.27 bits per heavy atom. The largest absolute Gasteiger partial charge is 0.322 e. The van der Waals surface area contributed by atoms with Gasteiger partial charge in [-0.15, -0.1) is 0 Å². The molecule has 0 aromatic heterocycles. The number of para-hydroxylation sites is 1. The van der Waals surface area contributed by atoms with Crippen LogP contribution in [-0.2, 0) is 9.59 Å². The Morgan fingerprint density at radius 3 is 2.73 bits per heavy atom. The van der Waals surface area contributed by atoms with Crippen molar-refractivity contribution < 1.29 is 23.7 Å². The SMILES string of the molecule is C[C@]12CCC(=O)N1c1ccccc1C(=O)N2CC(=O)Nc1cc([N+](=O)[O-])ccc1F. The quantitative estimate of drug-likeness (QED) is 0.613. The number of carbonyl (C=O) groups is 3. The zero-order valence-electron chi connectivity index (χ0n) is 15.9. The molecule has 0 saturated carbocycles. The standard InChI is InChI=1S/C20H17FN4O5/c1-20-9-8-18(27)24(20)16-5-3-2-4-13(16)19(28)23(20)11-17(26)22-15-10-12(25(29)30)6-7-14(15)21/h2-7,10H,8-9,11H2,1H3,(H,22,26)/t20-/m1/s1. The van der Waals surface area contributed by atoms with E-state index in [-0.39, 0.29) is 23.7 Å². The van der Waals surface area contributed by atoms with E-state index < -0.39 is 34.8 Å². The maximum Gasteiger partial charge on any atom is 0.271 e. The van der Waals surface area contributed by atoms with Crippen molar-refractivity contribution in [1.29, 1.82) is 0 Å². The molecule has 4 rings (SSSR count). The number of benzene rings is 2. The smallest absolute Gasteiger partial charge is 0.271 e. The van der Waals surface area contributed by atoms with E-state index in [0.29, 0.717) is 17.7 Å². The van der Waals surface area contributed by atoms with Crippen molar-refractivity contribution in [2.75, 3.05) is 16.8 Å². The highest BCUT2D eigenvalue weighted by atomic mass is 19.1. The van der Waals surface area contributed by atoms with Gasteiger partial charge in [0.2, 0.25) is 11.8 Å². The molecule has 1 fully saturated rings. The van der Waals surface area contributed by atoms with Crippen LogP contribution < -0.4 is 10.2 Å². The van der Waals surface area contributed by atoms with E-state index in [9.17, 15) is 28.9 Å². The number of nitro groups is 1. The number of carbonyl (C=O) groups excluding carboxylic acids is 3. The van der Waals surface area contributed by atoms with Gasteiger partial charge in [0.05, 0.1) is 21.9 Å². The highest BCUT2D eigenvalue weighted by Crippen LogP contribution is 2.43. The Morgan fingerprint density at radius 2 is 2.00 bits per heavy atom. The minimum Gasteiger partial charge on any atom is -0.322 e. The summed E-state index contributed by atoms with van der Waals surface area (Å²) >= 11 is 0. The molecule has 0 spiro atoms. The molecule has 9 nitrogen and oxygen atoms in total. The van der Waals surface area contributed by atoms with Gasteiger partial charge in [0.1, 0.15) is 18.0 Å². The molecule has 2 aliphatic heterocycles. The third-order valence-electron chi connectivity index (χ3n) is 5.48. The molecule has 0 radical (unpaired) electrons. The topological polar surface area (TPSA) is 113 Å². The van der Waals surface area contributed by atoms with Crippen molar-refractivity contribution in [2.24, 2.45) is 0 Å². The van der Waals surface area contributed by atoms with E-state index >= 15 is 0 Å². The molecule has 1 saturated heterocycles. The van der Waals surface area contributed by atoms with Crippen LogP contribution in [0, 0.1) is 15.9 Å². The lowest BCUT2D eigenvalue weighted by Gasteiger charge is -2.48. The molecule has 1 atom stereocenters. The fourth-order valence-electron chi connectivity index (χ4n) is 4.00. The summed E-state index contributed by atoms with van der Waals surface area (Å²) in [5.74, 6) is -2.16. The Labute approximate surface area is 170 Å². The summed E-state index contributed by atoms with van der Waals surface area (Å²) in [7, 11) is 0. The van der Waals surface area contributed by atoms with Crippen molar-refractivity contribution >= 4 is 34.8 Å². The lowest BCUT2D eigenvalue weighted by Crippen LogP contribution is -2.63. The number of non-ortho nitro benzene ring substituents is 1. The summed E-state index contributed by atoms with van der Waals surface area (Å²) in [6.07, 6.45) is 0.556. The number of halogens is 1. The second-order valence-electron chi connectivity index (χ2n) is 7.32. The fourth-order valence-corrected chi connectivity index (χ4v) is 4.00. The third kappa shape index (κ3) is 2.97. The van der Waals surface area contributed by atoms with Crippen LogP contribution in [0.4, 0.5) is 21.5 Å². The lowest BCUT2D eigenvalue weighted by atomic mass is 9.98. The van der Waals surface area contributed by atoms with Crippen LogP contribution in [0.2, 0.25) is 0 Å². The molecule has 2 aromatic carbocycles. The molecule has 3 amide bonds. The van der Waals surface area contributed by atoms with Crippen LogP contribution in [0.25, 0.3) is 0 Å². The highest BCUT2D eigenvalue weighted by molar-refractivity contribution is 6.11. The zero-order valence-corrected chi connectivity index (χ0v) is 15.9. The van der Waals surface area contributed by atoms with Gasteiger partial charge in [-0.2, -0.15) is 0 Å². The van der Waals surface area contributed by atoms with Gasteiger partial charge in [-0.05, 0) is 31.5 Å². The average Bonchev–Trinajstić information content (AvgIpc) is 3.02. The zero-order chi connectivity index (χ0) is 21.6. The van der Waals surface area contributed by atoms with Crippen LogP contribution in [0.15, 0.2) is 42.5 Å². The first-order valence-corrected chi connectivity index (χ1v) is 9.20. The molecular weight excluding hydrogens is 395 g/mol. The average molecular weight is 412 g/mol. The summed E-state index contributed by atoms with van der Waals surface area (Å²) in [5.41, 5.74) is -0.993. The molecule has 30 heavy (non-hydrogen) atoms. The summed E-state index contributed by atoms with van der Waals surface area (Å²) in [6.45, 7) is 1.25. The Hall–Kier alpha value is -3.82. The number of nitrogens with zero attached hydrogens (tertiary/aromatic N) is 3. The fraction of sp³-hybridized carbons (Fsp3) is 0.250. The summed E-state index contributed by atoms with van der Waals surface area (Å²) in [4.78, 5) is 51.3. The lowest BCUT2D eigenvalue weighted by molar-refractivity contribution is -0.384. The number of anilines is 2. The second-order valence-corrected chi connectivity index (χ2v) is 7.32. The molecule has 2 heterocycles. The van der Waals surface area contributed by atoms with E-state index in [4.69, 9.17) is 0 Å². The van der Waals surface area contributed by atoms with Crippen LogP contribution in [0.1, 0.15) is 30.1 Å². The number of nitrogens with one attached hydrogen (secondary N) is 1. The van der Waals surface area contributed by atoms with Gasteiger partial charge in [-0.3, -0.25) is 29.4 Å². The van der Waals surface area contributed by atoms with Crippen LogP contribution in [0.5, 0.6) is 0 Å². The van der Waals surface area contributed by atoms with Crippen molar-refractivity contribution in [2.45, 2.75) is 25.4 Å². The minimum absolute atomic E-state index is 0.160. The van der Waals surface area contributed by atoms with Crippen molar-refractivity contribution in [3.8, 4) is 0 Å². The normalized spacial score (nSPS) is 20.1. The van der Waals surface area contributed by atoms with Gasteiger partial charge < -0.3 is 10.2 Å². The molecule has 2 aliphatic rings. The van der Waals surface area contributed by atoms with E-state index in [0.717, 1.165) is 18.2 Å².